The van der Waals surface area contributed by atoms with Crippen LogP contribution in [0.15, 0.2) is 30.6 Å². The van der Waals surface area contributed by atoms with E-state index in [0.717, 1.165) is 16.6 Å². The highest BCUT2D eigenvalue weighted by Crippen LogP contribution is 2.26. The van der Waals surface area contributed by atoms with Crippen LogP contribution in [0.2, 0.25) is 0 Å². The van der Waals surface area contributed by atoms with Gasteiger partial charge in [-0.3, -0.25) is 10.00 Å². The second-order valence-electron chi connectivity index (χ2n) is 5.19. The van der Waals surface area contributed by atoms with Gasteiger partial charge < -0.3 is 10.6 Å². The monoisotopic (exact) mass is 299 g/mol. The summed E-state index contributed by atoms with van der Waals surface area (Å²) in [6.07, 6.45) is 3.42. The zero-order valence-electron chi connectivity index (χ0n) is 12.6. The molecule has 0 spiro atoms. The molecule has 0 radical (unpaired) electrons. The summed E-state index contributed by atoms with van der Waals surface area (Å²) >= 11 is 0. The minimum atomic E-state index is -0.124. The summed E-state index contributed by atoms with van der Waals surface area (Å²) < 4.78 is 1.68. The Kier molecular flexibility index (Phi) is 3.21. The van der Waals surface area contributed by atoms with Crippen LogP contribution in [-0.2, 0) is 0 Å². The number of fused-ring (bicyclic) bond motifs is 1. The van der Waals surface area contributed by atoms with E-state index < -0.39 is 0 Å². The Bertz CT molecular complexity index is 833. The zero-order chi connectivity index (χ0) is 15.9. The third-order valence-corrected chi connectivity index (χ3v) is 3.47. The van der Waals surface area contributed by atoms with E-state index in [1.165, 1.54) is 9.80 Å². The Morgan fingerprint density at radius 3 is 2.82 bits per heavy atom. The molecule has 3 rings (SSSR count). The normalized spacial score (nSPS) is 10.9. The van der Waals surface area contributed by atoms with Crippen LogP contribution < -0.4 is 10.6 Å². The molecule has 0 unspecified atom stereocenters. The standard InChI is InChI=1S/C14H17N7O/c1-19(2)14(22)20(3)9-7-16-21(8-9)11-6-4-5-10-12(11)13(15)18-17-10/h4-8H,1-3H3,(H3,15,17,18). The summed E-state index contributed by atoms with van der Waals surface area (Å²) in [6, 6.07) is 5.57. The van der Waals surface area contributed by atoms with Crippen LogP contribution in [0, 0.1) is 0 Å². The van der Waals surface area contributed by atoms with Crippen molar-refractivity contribution in [1.29, 1.82) is 0 Å². The van der Waals surface area contributed by atoms with Gasteiger partial charge in [0.05, 0.1) is 34.7 Å². The number of carbonyl (C=O) groups is 1. The van der Waals surface area contributed by atoms with Gasteiger partial charge in [0.15, 0.2) is 5.82 Å². The lowest BCUT2D eigenvalue weighted by Crippen LogP contribution is -2.36. The molecule has 3 aromatic rings. The molecule has 0 fully saturated rings. The topological polar surface area (TPSA) is 96.1 Å². The molecule has 8 nitrogen and oxygen atoms in total. The van der Waals surface area contributed by atoms with E-state index in [4.69, 9.17) is 5.73 Å². The van der Waals surface area contributed by atoms with Crippen molar-refractivity contribution in [1.82, 2.24) is 24.9 Å². The molecule has 1 aromatic carbocycles. The number of hydrogen-bond acceptors (Lipinski definition) is 4. The van der Waals surface area contributed by atoms with Gasteiger partial charge in [-0.1, -0.05) is 6.07 Å². The van der Waals surface area contributed by atoms with Gasteiger partial charge in [0, 0.05) is 21.1 Å². The molecule has 0 aliphatic rings. The van der Waals surface area contributed by atoms with Gasteiger partial charge in [0.2, 0.25) is 0 Å². The Morgan fingerprint density at radius 1 is 1.32 bits per heavy atom. The first-order valence-electron chi connectivity index (χ1n) is 6.71. The first kappa shape index (κ1) is 13.9. The fraction of sp³-hybridized carbons (Fsp3) is 0.214. The fourth-order valence-corrected chi connectivity index (χ4v) is 2.30. The van der Waals surface area contributed by atoms with E-state index in [-0.39, 0.29) is 6.03 Å². The molecule has 8 heteroatoms. The lowest BCUT2D eigenvalue weighted by atomic mass is 10.2. The second-order valence-corrected chi connectivity index (χ2v) is 5.19. The average molecular weight is 299 g/mol. The highest BCUT2D eigenvalue weighted by Gasteiger charge is 2.16. The Balaban J connectivity index is 2.03. The van der Waals surface area contributed by atoms with Gasteiger partial charge in [-0.25, -0.2) is 9.48 Å². The summed E-state index contributed by atoms with van der Waals surface area (Å²) in [5.74, 6) is 0.417. The lowest BCUT2D eigenvalue weighted by Gasteiger charge is -2.19. The first-order chi connectivity index (χ1) is 10.5. The largest absolute Gasteiger partial charge is 0.382 e. The Hall–Kier alpha value is -3.03. The predicted molar refractivity (Wildman–Crippen MR) is 85.1 cm³/mol. The number of anilines is 2. The van der Waals surface area contributed by atoms with Gasteiger partial charge in [0.1, 0.15) is 0 Å². The van der Waals surface area contributed by atoms with Crippen molar-refractivity contribution in [2.24, 2.45) is 0 Å². The van der Waals surface area contributed by atoms with Crippen LogP contribution in [0.1, 0.15) is 0 Å². The van der Waals surface area contributed by atoms with Crippen molar-refractivity contribution in [3.63, 3.8) is 0 Å². The van der Waals surface area contributed by atoms with Crippen LogP contribution in [0.25, 0.3) is 16.6 Å². The summed E-state index contributed by atoms with van der Waals surface area (Å²) in [5, 5.41) is 12.0. The number of aromatic nitrogens is 4. The number of nitrogens with one attached hydrogen (secondary N) is 1. The van der Waals surface area contributed by atoms with Crippen LogP contribution in [0.4, 0.5) is 16.3 Å². The molecule has 0 bridgehead atoms. The van der Waals surface area contributed by atoms with E-state index in [9.17, 15) is 4.79 Å². The van der Waals surface area contributed by atoms with Crippen LogP contribution in [-0.4, -0.2) is 52.1 Å². The quantitative estimate of drug-likeness (QED) is 0.748. The van der Waals surface area contributed by atoms with Gasteiger partial charge in [-0.05, 0) is 12.1 Å². The van der Waals surface area contributed by atoms with Crippen LogP contribution in [0.3, 0.4) is 0 Å². The maximum absolute atomic E-state index is 12.0. The molecule has 2 aromatic heterocycles. The third kappa shape index (κ3) is 2.14. The van der Waals surface area contributed by atoms with Crippen LogP contribution in [0.5, 0.6) is 0 Å². The summed E-state index contributed by atoms with van der Waals surface area (Å²) in [4.78, 5) is 15.0. The number of carbonyl (C=O) groups excluding carboxylic acids is 1. The smallest absolute Gasteiger partial charge is 0.323 e. The number of nitrogen functional groups attached to an aromatic ring is 1. The number of benzene rings is 1. The second kappa shape index (κ2) is 5.06. The highest BCUT2D eigenvalue weighted by atomic mass is 16.2. The maximum Gasteiger partial charge on any atom is 0.323 e. The predicted octanol–water partition coefficient (Wildman–Crippen LogP) is 1.45. The molecule has 0 saturated heterocycles. The molecule has 0 aliphatic carbocycles. The van der Waals surface area contributed by atoms with E-state index in [1.807, 2.05) is 18.2 Å². The van der Waals surface area contributed by atoms with Crippen molar-refractivity contribution >= 4 is 28.4 Å². The Morgan fingerprint density at radius 2 is 2.09 bits per heavy atom. The molecule has 0 aliphatic heterocycles. The van der Waals surface area contributed by atoms with Gasteiger partial charge in [-0.2, -0.15) is 10.2 Å². The van der Waals surface area contributed by atoms with E-state index in [1.54, 1.807) is 38.2 Å². The number of nitrogens with two attached hydrogens (primary N) is 1. The SMILES string of the molecule is CN(C)C(=O)N(C)c1cnn(-c2cccc3[nH]nc(N)c23)c1. The van der Waals surface area contributed by atoms with Gasteiger partial charge >= 0.3 is 6.03 Å². The number of hydrogen-bond donors (Lipinski definition) is 2. The van der Waals surface area contributed by atoms with Crippen molar-refractivity contribution in [2.45, 2.75) is 0 Å². The van der Waals surface area contributed by atoms with Crippen molar-refractivity contribution in [3.8, 4) is 5.69 Å². The molecule has 3 N–H and O–H groups in total. The minimum Gasteiger partial charge on any atom is -0.382 e. The lowest BCUT2D eigenvalue weighted by molar-refractivity contribution is 0.225. The van der Waals surface area contributed by atoms with E-state index >= 15 is 0 Å². The third-order valence-electron chi connectivity index (χ3n) is 3.47. The molecule has 2 heterocycles. The summed E-state index contributed by atoms with van der Waals surface area (Å²) in [6.45, 7) is 0. The maximum atomic E-state index is 12.0. The van der Waals surface area contributed by atoms with Crippen molar-refractivity contribution in [3.05, 3.63) is 30.6 Å². The molecule has 0 saturated carbocycles. The van der Waals surface area contributed by atoms with E-state index in [2.05, 4.69) is 15.3 Å². The molecule has 0 atom stereocenters. The first-order valence-corrected chi connectivity index (χ1v) is 6.71. The molecular formula is C14H17N7O. The number of amides is 2. The minimum absolute atomic E-state index is 0.124. The summed E-state index contributed by atoms with van der Waals surface area (Å²) in [5.41, 5.74) is 8.25. The van der Waals surface area contributed by atoms with Gasteiger partial charge in [0.25, 0.3) is 0 Å². The van der Waals surface area contributed by atoms with E-state index in [0.29, 0.717) is 11.5 Å². The number of rotatable bonds is 2. The van der Waals surface area contributed by atoms with Crippen molar-refractivity contribution in [2.75, 3.05) is 31.8 Å². The Labute approximate surface area is 127 Å². The highest BCUT2D eigenvalue weighted by molar-refractivity contribution is 5.96. The number of aromatic amines is 1. The zero-order valence-corrected chi connectivity index (χ0v) is 12.6. The number of nitrogens with zero attached hydrogens (tertiary/aromatic N) is 5. The number of H-pyrrole nitrogens is 1. The summed E-state index contributed by atoms with van der Waals surface area (Å²) in [7, 11) is 5.11. The molecular weight excluding hydrogens is 282 g/mol. The average Bonchev–Trinajstić information content (AvgIpc) is 3.13. The molecule has 22 heavy (non-hydrogen) atoms. The fourth-order valence-electron chi connectivity index (χ4n) is 2.30. The van der Waals surface area contributed by atoms with Crippen LogP contribution >= 0.6 is 0 Å². The number of urea groups is 1. The molecule has 114 valence electrons. The van der Waals surface area contributed by atoms with Gasteiger partial charge in [-0.15, -0.1) is 0 Å². The molecule has 2 amide bonds. The van der Waals surface area contributed by atoms with Crippen molar-refractivity contribution < 1.29 is 4.79 Å².